The fraction of sp³-hybridized carbons (Fsp3) is 0.0769. The van der Waals surface area contributed by atoms with E-state index in [4.69, 9.17) is 11.6 Å². The standard InChI is InChI=1S/C13H7ClF3/c1-7-4-11(16)13(12(17)5-7)9-6-8(15)2-3-10(9)14/h2-5H,1H3. The monoisotopic (exact) mass is 255 g/mol. The lowest BCUT2D eigenvalue weighted by Gasteiger charge is -2.08. The summed E-state index contributed by atoms with van der Waals surface area (Å²) in [6.45, 7) is 1.56. The number of hydrogen-bond acceptors (Lipinski definition) is 0. The molecule has 0 aliphatic rings. The van der Waals surface area contributed by atoms with Crippen molar-refractivity contribution in [3.8, 4) is 11.1 Å². The normalized spacial score (nSPS) is 10.6. The molecule has 0 fully saturated rings. The van der Waals surface area contributed by atoms with Crippen molar-refractivity contribution in [1.29, 1.82) is 0 Å². The first kappa shape index (κ1) is 12.0. The van der Waals surface area contributed by atoms with Crippen LogP contribution < -0.4 is 0 Å². The largest absolute Gasteiger partial charge is 0.206 e. The lowest BCUT2D eigenvalue weighted by atomic mass is 10.0. The predicted molar refractivity (Wildman–Crippen MR) is 60.3 cm³/mol. The second-order valence-corrected chi connectivity index (χ2v) is 4.04. The Morgan fingerprint density at radius 1 is 1.06 bits per heavy atom. The van der Waals surface area contributed by atoms with Gasteiger partial charge in [-0.25, -0.2) is 13.2 Å². The van der Waals surface area contributed by atoms with Gasteiger partial charge in [0.15, 0.2) is 0 Å². The first-order valence-corrected chi connectivity index (χ1v) is 5.20. The second-order valence-electron chi connectivity index (χ2n) is 3.63. The van der Waals surface area contributed by atoms with Crippen LogP contribution in [0, 0.1) is 30.4 Å². The Kier molecular flexibility index (Phi) is 3.11. The van der Waals surface area contributed by atoms with Crippen molar-refractivity contribution in [2.45, 2.75) is 6.92 Å². The van der Waals surface area contributed by atoms with Crippen LogP contribution in [0.3, 0.4) is 0 Å². The Hall–Kier alpha value is -1.48. The van der Waals surface area contributed by atoms with Gasteiger partial charge in [-0.05, 0) is 36.8 Å². The molecule has 0 spiro atoms. The summed E-state index contributed by atoms with van der Waals surface area (Å²) in [4.78, 5) is 0. The summed E-state index contributed by atoms with van der Waals surface area (Å²) in [6, 6.07) is 6.85. The molecule has 0 heterocycles. The highest BCUT2D eigenvalue weighted by molar-refractivity contribution is 6.33. The van der Waals surface area contributed by atoms with Gasteiger partial charge in [0.2, 0.25) is 0 Å². The van der Waals surface area contributed by atoms with Gasteiger partial charge in [-0.2, -0.15) is 0 Å². The lowest BCUT2D eigenvalue weighted by Crippen LogP contribution is -1.93. The second kappa shape index (κ2) is 4.41. The molecule has 2 aromatic carbocycles. The quantitative estimate of drug-likeness (QED) is 0.702. The average molecular weight is 256 g/mol. The van der Waals surface area contributed by atoms with Gasteiger partial charge < -0.3 is 0 Å². The van der Waals surface area contributed by atoms with Crippen LogP contribution >= 0.6 is 11.6 Å². The first-order valence-electron chi connectivity index (χ1n) is 4.82. The maximum Gasteiger partial charge on any atom is 0.134 e. The van der Waals surface area contributed by atoms with E-state index in [1.807, 2.05) is 0 Å². The fourth-order valence-corrected chi connectivity index (χ4v) is 1.78. The molecule has 0 unspecified atom stereocenters. The van der Waals surface area contributed by atoms with Gasteiger partial charge in [-0.3, -0.25) is 0 Å². The summed E-state index contributed by atoms with van der Waals surface area (Å²) in [7, 11) is 0. The maximum absolute atomic E-state index is 13.7. The molecule has 2 aromatic rings. The van der Waals surface area contributed by atoms with E-state index in [-0.39, 0.29) is 16.1 Å². The van der Waals surface area contributed by atoms with E-state index in [2.05, 4.69) is 6.07 Å². The van der Waals surface area contributed by atoms with E-state index in [9.17, 15) is 13.2 Å². The van der Waals surface area contributed by atoms with E-state index in [1.54, 1.807) is 6.92 Å². The summed E-state index contributed by atoms with van der Waals surface area (Å²) in [5.41, 5.74) is -0.0296. The van der Waals surface area contributed by atoms with E-state index in [0.29, 0.717) is 5.56 Å². The van der Waals surface area contributed by atoms with Crippen LogP contribution in [0.2, 0.25) is 5.02 Å². The molecule has 0 aliphatic heterocycles. The minimum absolute atomic E-state index is 0.0491. The molecule has 0 saturated heterocycles. The molecule has 0 saturated carbocycles. The van der Waals surface area contributed by atoms with Crippen molar-refractivity contribution in [1.82, 2.24) is 0 Å². The Labute approximate surface area is 102 Å². The number of aryl methyl sites for hydroxylation is 1. The third kappa shape index (κ3) is 2.29. The van der Waals surface area contributed by atoms with Crippen LogP contribution in [0.25, 0.3) is 11.1 Å². The highest BCUT2D eigenvalue weighted by Gasteiger charge is 2.16. The molecule has 17 heavy (non-hydrogen) atoms. The highest BCUT2D eigenvalue weighted by Crippen LogP contribution is 2.32. The molecular weight excluding hydrogens is 249 g/mol. The number of rotatable bonds is 1. The lowest BCUT2D eigenvalue weighted by molar-refractivity contribution is 0.586. The Morgan fingerprint density at radius 2 is 1.65 bits per heavy atom. The molecule has 0 atom stereocenters. The van der Waals surface area contributed by atoms with Crippen molar-refractivity contribution in [2.75, 3.05) is 0 Å². The zero-order chi connectivity index (χ0) is 12.6. The van der Waals surface area contributed by atoms with Crippen molar-refractivity contribution < 1.29 is 13.2 Å². The fourth-order valence-electron chi connectivity index (χ4n) is 1.57. The number of benzene rings is 2. The molecular formula is C13H7ClF3. The third-order valence-corrected chi connectivity index (χ3v) is 2.61. The summed E-state index contributed by atoms with van der Waals surface area (Å²) in [5.74, 6) is -2.29. The van der Waals surface area contributed by atoms with Crippen molar-refractivity contribution >= 4 is 11.6 Å². The van der Waals surface area contributed by atoms with Gasteiger partial charge in [0.25, 0.3) is 0 Å². The summed E-state index contributed by atoms with van der Waals surface area (Å²) in [5, 5.41) is 0.0491. The highest BCUT2D eigenvalue weighted by atomic mass is 35.5. The van der Waals surface area contributed by atoms with Crippen LogP contribution in [0.1, 0.15) is 5.56 Å². The summed E-state index contributed by atoms with van der Waals surface area (Å²) in [6.07, 6.45) is 0. The SMILES string of the molecule is Cc1cc(F)c(-c2[c]c(F)ccc2Cl)c(F)c1. The Bertz CT molecular complexity index is 556. The van der Waals surface area contributed by atoms with Crippen molar-refractivity contribution in [3.63, 3.8) is 0 Å². The third-order valence-electron chi connectivity index (χ3n) is 2.30. The van der Waals surface area contributed by atoms with E-state index >= 15 is 0 Å². The van der Waals surface area contributed by atoms with Gasteiger partial charge in [0, 0.05) is 16.7 Å². The van der Waals surface area contributed by atoms with Crippen molar-refractivity contribution in [2.24, 2.45) is 0 Å². The van der Waals surface area contributed by atoms with Crippen LogP contribution in [0.15, 0.2) is 24.3 Å². The van der Waals surface area contributed by atoms with Gasteiger partial charge in [0.05, 0.1) is 5.56 Å². The molecule has 0 amide bonds. The molecule has 0 aromatic heterocycles. The average Bonchev–Trinajstić information content (AvgIpc) is 2.21. The van der Waals surface area contributed by atoms with Crippen LogP contribution in [-0.4, -0.2) is 0 Å². The van der Waals surface area contributed by atoms with Crippen LogP contribution in [-0.2, 0) is 0 Å². The zero-order valence-corrected chi connectivity index (χ0v) is 9.58. The van der Waals surface area contributed by atoms with E-state index in [0.717, 1.165) is 18.2 Å². The molecule has 1 radical (unpaired) electrons. The predicted octanol–water partition coefficient (Wildman–Crippen LogP) is 4.53. The van der Waals surface area contributed by atoms with Gasteiger partial charge >= 0.3 is 0 Å². The van der Waals surface area contributed by atoms with Gasteiger partial charge in [-0.1, -0.05) is 11.6 Å². The van der Waals surface area contributed by atoms with Crippen LogP contribution in [0.4, 0.5) is 13.2 Å². The molecule has 0 bridgehead atoms. The minimum Gasteiger partial charge on any atom is -0.206 e. The molecule has 2 rings (SSSR count). The van der Waals surface area contributed by atoms with E-state index < -0.39 is 17.5 Å². The molecule has 0 N–H and O–H groups in total. The maximum atomic E-state index is 13.7. The van der Waals surface area contributed by atoms with E-state index in [1.165, 1.54) is 6.07 Å². The molecule has 0 nitrogen and oxygen atoms in total. The first-order chi connectivity index (χ1) is 7.99. The Balaban J connectivity index is 2.72. The smallest absolute Gasteiger partial charge is 0.134 e. The topological polar surface area (TPSA) is 0 Å². The molecule has 87 valence electrons. The number of halogens is 4. The van der Waals surface area contributed by atoms with Crippen LogP contribution in [0.5, 0.6) is 0 Å². The minimum atomic E-state index is -0.786. The summed E-state index contributed by atoms with van der Waals surface area (Å²) >= 11 is 5.78. The van der Waals surface area contributed by atoms with Crippen molar-refractivity contribution in [3.05, 3.63) is 58.4 Å². The zero-order valence-electron chi connectivity index (χ0n) is 8.82. The van der Waals surface area contributed by atoms with Gasteiger partial charge in [0.1, 0.15) is 17.5 Å². The molecule has 4 heteroatoms. The molecule has 0 aliphatic carbocycles. The Morgan fingerprint density at radius 3 is 2.24 bits per heavy atom. The summed E-state index contributed by atoms with van der Waals surface area (Å²) < 4.78 is 40.4. The number of hydrogen-bond donors (Lipinski definition) is 0. The van der Waals surface area contributed by atoms with Gasteiger partial charge in [-0.15, -0.1) is 0 Å².